The quantitative estimate of drug-likeness (QED) is 0.619. The van der Waals surface area contributed by atoms with Crippen molar-refractivity contribution in [2.24, 2.45) is 0 Å². The number of hydrogen-bond donors (Lipinski definition) is 1. The molecule has 9 heteroatoms. The number of alkyl halides is 3. The topological polar surface area (TPSA) is 38.3 Å². The third-order valence-electron chi connectivity index (χ3n) is 2.60. The van der Waals surface area contributed by atoms with E-state index in [1.165, 1.54) is 24.3 Å². The van der Waals surface area contributed by atoms with Crippen LogP contribution in [0.1, 0.15) is 10.4 Å². The molecule has 122 valence electrons. The van der Waals surface area contributed by atoms with E-state index >= 15 is 0 Å². The standard InChI is InChI=1S/C14H7Br2F4NO2/c15-9-3-1-7(5-11(9)17)13(22)21-8-2-4-10(16)12(6-8)23-14(18,19)20/h1-6H,(H,21,22). The number of hydrogen-bond acceptors (Lipinski definition) is 2. The number of ether oxygens (including phenoxy) is 1. The highest BCUT2D eigenvalue weighted by Gasteiger charge is 2.32. The van der Waals surface area contributed by atoms with Crippen molar-refractivity contribution in [1.82, 2.24) is 0 Å². The number of carbonyl (C=O) groups excluding carboxylic acids is 1. The Morgan fingerprint density at radius 2 is 1.70 bits per heavy atom. The molecule has 0 heterocycles. The SMILES string of the molecule is O=C(Nc1ccc(Br)c(OC(F)(F)F)c1)c1ccc(Br)c(F)c1. The van der Waals surface area contributed by atoms with E-state index in [2.05, 4.69) is 41.9 Å². The highest BCUT2D eigenvalue weighted by Crippen LogP contribution is 2.33. The van der Waals surface area contributed by atoms with Crippen LogP contribution in [0.15, 0.2) is 45.3 Å². The lowest BCUT2D eigenvalue weighted by atomic mass is 10.2. The lowest BCUT2D eigenvalue weighted by molar-refractivity contribution is -0.274. The van der Waals surface area contributed by atoms with E-state index in [1.54, 1.807) is 0 Å². The molecule has 0 aliphatic heterocycles. The molecule has 2 rings (SSSR count). The molecule has 1 N–H and O–H groups in total. The van der Waals surface area contributed by atoms with Gasteiger partial charge in [0, 0.05) is 17.3 Å². The van der Waals surface area contributed by atoms with Crippen molar-refractivity contribution in [3.05, 3.63) is 56.7 Å². The smallest absolute Gasteiger partial charge is 0.405 e. The normalized spacial score (nSPS) is 11.2. The van der Waals surface area contributed by atoms with E-state index < -0.39 is 23.8 Å². The summed E-state index contributed by atoms with van der Waals surface area (Å²) in [5.41, 5.74) is 0.0904. The van der Waals surface area contributed by atoms with Gasteiger partial charge in [0.15, 0.2) is 0 Å². The van der Waals surface area contributed by atoms with Crippen molar-refractivity contribution in [3.8, 4) is 5.75 Å². The molecule has 0 spiro atoms. The second-order valence-corrected chi connectivity index (χ2v) is 5.98. The number of carbonyl (C=O) groups is 1. The van der Waals surface area contributed by atoms with Crippen LogP contribution >= 0.6 is 31.9 Å². The van der Waals surface area contributed by atoms with Gasteiger partial charge in [-0.2, -0.15) is 0 Å². The summed E-state index contributed by atoms with van der Waals surface area (Å²) in [7, 11) is 0. The average molecular weight is 457 g/mol. The summed E-state index contributed by atoms with van der Waals surface area (Å²) >= 11 is 5.87. The summed E-state index contributed by atoms with van der Waals surface area (Å²) in [4.78, 5) is 12.0. The van der Waals surface area contributed by atoms with E-state index in [-0.39, 0.29) is 20.2 Å². The van der Waals surface area contributed by atoms with Gasteiger partial charge in [0.2, 0.25) is 0 Å². The highest BCUT2D eigenvalue weighted by molar-refractivity contribution is 9.10. The Hall–Kier alpha value is -1.61. The average Bonchev–Trinajstić information content (AvgIpc) is 2.44. The predicted molar refractivity (Wildman–Crippen MR) is 82.9 cm³/mol. The first kappa shape index (κ1) is 17.7. The molecule has 0 bridgehead atoms. The number of benzene rings is 2. The van der Waals surface area contributed by atoms with Gasteiger partial charge in [-0.05, 0) is 62.2 Å². The highest BCUT2D eigenvalue weighted by atomic mass is 79.9. The summed E-state index contributed by atoms with van der Waals surface area (Å²) in [6.07, 6.45) is -4.86. The van der Waals surface area contributed by atoms with Crippen LogP contribution in [0.2, 0.25) is 0 Å². The fraction of sp³-hybridized carbons (Fsp3) is 0.0714. The first-order valence-electron chi connectivity index (χ1n) is 5.97. The van der Waals surface area contributed by atoms with Crippen LogP contribution in [0.4, 0.5) is 23.2 Å². The van der Waals surface area contributed by atoms with Crippen molar-refractivity contribution in [1.29, 1.82) is 0 Å². The molecule has 0 unspecified atom stereocenters. The van der Waals surface area contributed by atoms with E-state index in [0.29, 0.717) is 0 Å². The van der Waals surface area contributed by atoms with E-state index in [9.17, 15) is 22.4 Å². The molecule has 0 radical (unpaired) electrons. The minimum absolute atomic E-state index is 0.0203. The minimum atomic E-state index is -4.86. The third kappa shape index (κ3) is 4.93. The maximum absolute atomic E-state index is 13.4. The van der Waals surface area contributed by atoms with Gasteiger partial charge in [0.25, 0.3) is 5.91 Å². The lowest BCUT2D eigenvalue weighted by Crippen LogP contribution is -2.18. The van der Waals surface area contributed by atoms with Gasteiger partial charge in [-0.3, -0.25) is 4.79 Å². The zero-order chi connectivity index (χ0) is 17.2. The van der Waals surface area contributed by atoms with Gasteiger partial charge < -0.3 is 10.1 Å². The molecule has 1 amide bonds. The fourth-order valence-corrected chi connectivity index (χ4v) is 2.20. The second-order valence-electron chi connectivity index (χ2n) is 4.28. The van der Waals surface area contributed by atoms with E-state index in [4.69, 9.17) is 0 Å². The Labute approximate surface area is 144 Å². The Bertz CT molecular complexity index is 750. The first-order chi connectivity index (χ1) is 10.7. The first-order valence-corrected chi connectivity index (χ1v) is 7.56. The number of anilines is 1. The van der Waals surface area contributed by atoms with Crippen LogP contribution in [0.3, 0.4) is 0 Å². The Balaban J connectivity index is 2.21. The minimum Gasteiger partial charge on any atom is -0.405 e. The zero-order valence-corrected chi connectivity index (χ0v) is 14.2. The number of rotatable bonds is 3. The monoisotopic (exact) mass is 455 g/mol. The summed E-state index contributed by atoms with van der Waals surface area (Å²) < 4.78 is 54.4. The number of nitrogens with one attached hydrogen (secondary N) is 1. The predicted octanol–water partition coefficient (Wildman–Crippen LogP) is 5.50. The molecular formula is C14H7Br2F4NO2. The van der Waals surface area contributed by atoms with E-state index in [0.717, 1.165) is 12.1 Å². The Morgan fingerprint density at radius 3 is 2.30 bits per heavy atom. The molecule has 0 saturated heterocycles. The van der Waals surface area contributed by atoms with Crippen molar-refractivity contribution in [2.45, 2.75) is 6.36 Å². The molecule has 0 aromatic heterocycles. The molecule has 2 aromatic carbocycles. The van der Waals surface area contributed by atoms with Crippen molar-refractivity contribution in [2.75, 3.05) is 5.32 Å². The second kappa shape index (κ2) is 6.88. The maximum atomic E-state index is 13.4. The Morgan fingerprint density at radius 1 is 1.04 bits per heavy atom. The van der Waals surface area contributed by atoms with Gasteiger partial charge in [0.1, 0.15) is 11.6 Å². The van der Waals surface area contributed by atoms with Gasteiger partial charge in [0.05, 0.1) is 8.95 Å². The summed E-state index contributed by atoms with van der Waals surface area (Å²) in [6, 6.07) is 7.40. The maximum Gasteiger partial charge on any atom is 0.573 e. The number of amides is 1. The molecule has 0 fully saturated rings. The molecule has 0 atom stereocenters. The van der Waals surface area contributed by atoms with Crippen LogP contribution in [0, 0.1) is 5.82 Å². The molecule has 0 aliphatic rings. The molecule has 0 saturated carbocycles. The third-order valence-corrected chi connectivity index (χ3v) is 3.89. The van der Waals surface area contributed by atoms with Crippen LogP contribution in [0.25, 0.3) is 0 Å². The van der Waals surface area contributed by atoms with Crippen LogP contribution in [-0.2, 0) is 0 Å². The van der Waals surface area contributed by atoms with Gasteiger partial charge in [-0.15, -0.1) is 13.2 Å². The molecule has 3 nitrogen and oxygen atoms in total. The number of halogens is 6. The molecule has 2 aromatic rings. The fourth-order valence-electron chi connectivity index (χ4n) is 1.62. The zero-order valence-electron chi connectivity index (χ0n) is 11.0. The van der Waals surface area contributed by atoms with Crippen molar-refractivity contribution >= 4 is 43.5 Å². The Kier molecular flexibility index (Phi) is 5.30. The van der Waals surface area contributed by atoms with E-state index in [1.807, 2.05) is 0 Å². The van der Waals surface area contributed by atoms with Crippen molar-refractivity contribution < 1.29 is 27.1 Å². The van der Waals surface area contributed by atoms with Gasteiger partial charge in [-0.25, -0.2) is 4.39 Å². The summed E-state index contributed by atoms with van der Waals surface area (Å²) in [5.74, 6) is -1.80. The van der Waals surface area contributed by atoms with Crippen LogP contribution < -0.4 is 10.1 Å². The summed E-state index contributed by atoms with van der Waals surface area (Å²) in [6.45, 7) is 0. The molecule has 23 heavy (non-hydrogen) atoms. The van der Waals surface area contributed by atoms with Crippen LogP contribution in [0.5, 0.6) is 5.75 Å². The lowest BCUT2D eigenvalue weighted by Gasteiger charge is -2.12. The molecular weight excluding hydrogens is 450 g/mol. The van der Waals surface area contributed by atoms with Crippen molar-refractivity contribution in [3.63, 3.8) is 0 Å². The van der Waals surface area contributed by atoms with Gasteiger partial charge in [-0.1, -0.05) is 0 Å². The van der Waals surface area contributed by atoms with Gasteiger partial charge >= 0.3 is 6.36 Å². The van der Waals surface area contributed by atoms with Crippen LogP contribution in [-0.4, -0.2) is 12.3 Å². The largest absolute Gasteiger partial charge is 0.573 e. The molecule has 0 aliphatic carbocycles. The summed E-state index contributed by atoms with van der Waals surface area (Å²) in [5, 5.41) is 2.37.